The molecule has 1 saturated carbocycles. The van der Waals surface area contributed by atoms with Gasteiger partial charge in [0.05, 0.1) is 6.04 Å². The summed E-state index contributed by atoms with van der Waals surface area (Å²) in [5, 5.41) is 0. The van der Waals surface area contributed by atoms with E-state index >= 15 is 0 Å². The molecule has 0 spiro atoms. The van der Waals surface area contributed by atoms with Crippen molar-refractivity contribution in [1.82, 2.24) is 4.90 Å². The molecule has 0 radical (unpaired) electrons. The minimum Gasteiger partial charge on any atom is -0.445 e. The standard InChI is InChI=1S/C14H16FNO2/c1-9-11-7-16(13(9)12(11)15)14(17)18-8-10-5-3-2-4-6-10/h2-6,9,11-13H,7-8H2,1H3/t9-,11+,12-,13-/m0/s1. The van der Waals surface area contributed by atoms with Crippen LogP contribution in [-0.2, 0) is 11.3 Å². The van der Waals surface area contributed by atoms with Gasteiger partial charge in [0.25, 0.3) is 0 Å². The molecule has 0 aromatic heterocycles. The summed E-state index contributed by atoms with van der Waals surface area (Å²) >= 11 is 0. The lowest BCUT2D eigenvalue weighted by molar-refractivity contribution is 0.0321. The zero-order valence-corrected chi connectivity index (χ0v) is 10.3. The van der Waals surface area contributed by atoms with Crippen LogP contribution in [0.4, 0.5) is 9.18 Å². The molecule has 1 amide bonds. The predicted molar refractivity (Wildman–Crippen MR) is 64.7 cm³/mol. The van der Waals surface area contributed by atoms with Crippen LogP contribution >= 0.6 is 0 Å². The Labute approximate surface area is 106 Å². The minimum absolute atomic E-state index is 0.0132. The van der Waals surface area contributed by atoms with Crippen LogP contribution < -0.4 is 0 Å². The van der Waals surface area contributed by atoms with E-state index in [4.69, 9.17) is 4.74 Å². The van der Waals surface area contributed by atoms with Gasteiger partial charge in [0.1, 0.15) is 12.8 Å². The van der Waals surface area contributed by atoms with Crippen LogP contribution in [0.25, 0.3) is 0 Å². The van der Waals surface area contributed by atoms with Crippen LogP contribution in [0.2, 0.25) is 0 Å². The molecule has 4 heteroatoms. The Morgan fingerprint density at radius 3 is 2.72 bits per heavy atom. The van der Waals surface area contributed by atoms with Gasteiger partial charge in [0.2, 0.25) is 0 Å². The second kappa shape index (κ2) is 4.26. The topological polar surface area (TPSA) is 29.5 Å². The van der Waals surface area contributed by atoms with Gasteiger partial charge in [-0.15, -0.1) is 0 Å². The third kappa shape index (κ3) is 1.67. The second-order valence-corrected chi connectivity index (χ2v) is 5.15. The van der Waals surface area contributed by atoms with Crippen LogP contribution in [-0.4, -0.2) is 29.8 Å². The van der Waals surface area contributed by atoms with Gasteiger partial charge in [-0.05, 0) is 11.5 Å². The maximum atomic E-state index is 13.5. The first kappa shape index (κ1) is 11.5. The molecule has 96 valence electrons. The molecule has 2 aliphatic heterocycles. The van der Waals surface area contributed by atoms with E-state index in [1.807, 2.05) is 37.3 Å². The highest BCUT2D eigenvalue weighted by atomic mass is 19.1. The molecule has 4 rings (SSSR count). The summed E-state index contributed by atoms with van der Waals surface area (Å²) in [6, 6.07) is 9.25. The molecule has 3 aliphatic rings. The molecule has 2 bridgehead atoms. The zero-order chi connectivity index (χ0) is 12.7. The zero-order valence-electron chi connectivity index (χ0n) is 10.3. The van der Waals surface area contributed by atoms with Gasteiger partial charge in [-0.3, -0.25) is 0 Å². The number of ether oxygens (including phenoxy) is 1. The minimum atomic E-state index is -0.857. The van der Waals surface area contributed by atoms with Crippen molar-refractivity contribution in [3.05, 3.63) is 35.9 Å². The Balaban J connectivity index is 1.57. The third-order valence-corrected chi connectivity index (χ3v) is 4.16. The number of carbonyl (C=O) groups excluding carboxylic acids is 1. The van der Waals surface area contributed by atoms with Crippen molar-refractivity contribution >= 4 is 6.09 Å². The van der Waals surface area contributed by atoms with Crippen molar-refractivity contribution in [3.8, 4) is 0 Å². The summed E-state index contributed by atoms with van der Waals surface area (Å²) in [7, 11) is 0. The van der Waals surface area contributed by atoms with Crippen molar-refractivity contribution in [3.63, 3.8) is 0 Å². The van der Waals surface area contributed by atoms with Crippen molar-refractivity contribution in [2.24, 2.45) is 11.8 Å². The van der Waals surface area contributed by atoms with Gasteiger partial charge in [0, 0.05) is 12.5 Å². The lowest BCUT2D eigenvalue weighted by Gasteiger charge is -2.37. The molecular weight excluding hydrogens is 233 g/mol. The number of benzene rings is 1. The fourth-order valence-corrected chi connectivity index (χ4v) is 3.01. The van der Waals surface area contributed by atoms with Gasteiger partial charge in [-0.2, -0.15) is 0 Å². The quantitative estimate of drug-likeness (QED) is 0.806. The molecule has 0 unspecified atom stereocenters. The fraction of sp³-hybridized carbons (Fsp3) is 0.500. The molecule has 18 heavy (non-hydrogen) atoms. The summed E-state index contributed by atoms with van der Waals surface area (Å²) in [5.74, 6) is 0.281. The first-order chi connectivity index (χ1) is 8.68. The van der Waals surface area contributed by atoms with E-state index in [1.54, 1.807) is 4.90 Å². The number of amides is 1. The number of hydrogen-bond acceptors (Lipinski definition) is 2. The molecular formula is C14H16FNO2. The Bertz CT molecular complexity index is 440. The highest BCUT2D eigenvalue weighted by Crippen LogP contribution is 2.48. The molecule has 3 fully saturated rings. The fourth-order valence-electron chi connectivity index (χ4n) is 3.01. The van der Waals surface area contributed by atoms with E-state index in [9.17, 15) is 9.18 Å². The normalized spacial score (nSPS) is 33.1. The first-order valence-corrected chi connectivity index (χ1v) is 6.30. The number of alkyl halides is 1. The van der Waals surface area contributed by atoms with Gasteiger partial charge in [-0.25, -0.2) is 9.18 Å². The summed E-state index contributed by atoms with van der Waals surface area (Å²) in [6.07, 6.45) is -1.25. The van der Waals surface area contributed by atoms with Crippen molar-refractivity contribution in [2.45, 2.75) is 25.7 Å². The highest BCUT2D eigenvalue weighted by molar-refractivity contribution is 5.69. The molecule has 3 nitrogen and oxygen atoms in total. The van der Waals surface area contributed by atoms with E-state index in [0.717, 1.165) is 5.56 Å². The third-order valence-electron chi connectivity index (χ3n) is 4.16. The summed E-state index contributed by atoms with van der Waals surface area (Å²) in [4.78, 5) is 13.4. The van der Waals surface area contributed by atoms with Gasteiger partial charge >= 0.3 is 6.09 Å². The van der Waals surface area contributed by atoms with Crippen LogP contribution in [0.1, 0.15) is 12.5 Å². The van der Waals surface area contributed by atoms with Crippen LogP contribution in [0.3, 0.4) is 0 Å². The largest absolute Gasteiger partial charge is 0.445 e. The van der Waals surface area contributed by atoms with E-state index < -0.39 is 12.3 Å². The number of rotatable bonds is 2. The molecule has 1 aromatic rings. The average molecular weight is 249 g/mol. The SMILES string of the molecule is C[C@H]1[C@H]2CN(C(=O)OCc3ccccc3)[C@@H]1[C@H]2F. The average Bonchev–Trinajstić information content (AvgIpc) is 2.94. The Hall–Kier alpha value is -1.58. The summed E-state index contributed by atoms with van der Waals surface area (Å²) in [6.45, 7) is 2.75. The molecule has 4 atom stereocenters. The van der Waals surface area contributed by atoms with Crippen LogP contribution in [0.5, 0.6) is 0 Å². The Kier molecular flexibility index (Phi) is 2.73. The summed E-state index contributed by atoms with van der Waals surface area (Å²) < 4.78 is 18.8. The van der Waals surface area contributed by atoms with Gasteiger partial charge < -0.3 is 9.64 Å². The summed E-state index contributed by atoms with van der Waals surface area (Å²) in [5.41, 5.74) is 0.947. The number of carbonyl (C=O) groups is 1. The lowest BCUT2D eigenvalue weighted by Crippen LogP contribution is -2.49. The van der Waals surface area contributed by atoms with Crippen molar-refractivity contribution in [2.75, 3.05) is 6.54 Å². The smallest absolute Gasteiger partial charge is 0.410 e. The molecule has 0 N–H and O–H groups in total. The number of nitrogens with zero attached hydrogens (tertiary/aromatic N) is 1. The monoisotopic (exact) mass is 249 g/mol. The molecule has 2 heterocycles. The highest BCUT2D eigenvalue weighted by Gasteiger charge is 2.60. The molecule has 1 aliphatic carbocycles. The van der Waals surface area contributed by atoms with E-state index in [-0.39, 0.29) is 24.5 Å². The maximum Gasteiger partial charge on any atom is 0.410 e. The van der Waals surface area contributed by atoms with E-state index in [1.165, 1.54) is 0 Å². The van der Waals surface area contributed by atoms with Crippen molar-refractivity contribution < 1.29 is 13.9 Å². The second-order valence-electron chi connectivity index (χ2n) is 5.15. The predicted octanol–water partition coefficient (Wildman–Crippen LogP) is 2.61. The van der Waals surface area contributed by atoms with Crippen LogP contribution in [0, 0.1) is 11.8 Å². The molecule has 1 aromatic carbocycles. The number of hydrogen-bond donors (Lipinski definition) is 0. The Morgan fingerprint density at radius 2 is 2.17 bits per heavy atom. The van der Waals surface area contributed by atoms with Crippen LogP contribution in [0.15, 0.2) is 30.3 Å². The number of fused-ring (bicyclic) bond motifs is 1. The molecule has 2 saturated heterocycles. The van der Waals surface area contributed by atoms with Gasteiger partial charge in [-0.1, -0.05) is 37.3 Å². The lowest BCUT2D eigenvalue weighted by atomic mass is 9.73. The number of halogens is 1. The van der Waals surface area contributed by atoms with Gasteiger partial charge in [0.15, 0.2) is 0 Å². The first-order valence-electron chi connectivity index (χ1n) is 6.30. The maximum absolute atomic E-state index is 13.5. The van der Waals surface area contributed by atoms with E-state index in [0.29, 0.717) is 6.54 Å². The Morgan fingerprint density at radius 1 is 1.44 bits per heavy atom. The van der Waals surface area contributed by atoms with E-state index in [2.05, 4.69) is 0 Å². The van der Waals surface area contributed by atoms with Crippen molar-refractivity contribution in [1.29, 1.82) is 0 Å².